The minimum absolute atomic E-state index is 0.0758. The maximum absolute atomic E-state index is 13.2. The van der Waals surface area contributed by atoms with Gasteiger partial charge in [-0.3, -0.25) is 4.79 Å². The highest BCUT2D eigenvalue weighted by molar-refractivity contribution is 6.30. The molecule has 2 atom stereocenters. The van der Waals surface area contributed by atoms with Crippen LogP contribution >= 0.6 is 11.6 Å². The Bertz CT molecular complexity index is 707. The number of likely N-dealkylation sites (N-methyl/N-ethyl adjacent to an activating group) is 1. The van der Waals surface area contributed by atoms with E-state index in [1.807, 2.05) is 6.07 Å². The smallest absolute Gasteiger partial charge is 0.239 e. The third-order valence-electron chi connectivity index (χ3n) is 3.90. The van der Waals surface area contributed by atoms with Crippen LogP contribution in [0.2, 0.25) is 5.02 Å². The zero-order chi connectivity index (χ0) is 16.4. The summed E-state index contributed by atoms with van der Waals surface area (Å²) in [6.07, 6.45) is 2.39. The fourth-order valence-corrected chi connectivity index (χ4v) is 2.71. The molecule has 1 saturated carbocycles. The van der Waals surface area contributed by atoms with Crippen molar-refractivity contribution in [3.63, 3.8) is 0 Å². The van der Waals surface area contributed by atoms with Gasteiger partial charge in [0.25, 0.3) is 0 Å². The van der Waals surface area contributed by atoms with E-state index in [-0.39, 0.29) is 30.2 Å². The van der Waals surface area contributed by atoms with Gasteiger partial charge >= 0.3 is 0 Å². The van der Waals surface area contributed by atoms with Gasteiger partial charge in [-0.05, 0) is 36.2 Å². The van der Waals surface area contributed by atoms with Crippen LogP contribution in [-0.2, 0) is 4.79 Å². The molecule has 3 rings (SSSR count). The number of rotatable bonds is 5. The van der Waals surface area contributed by atoms with Gasteiger partial charge < -0.3 is 10.2 Å². The molecule has 2 aromatic rings. The third kappa shape index (κ3) is 3.99. The Labute approximate surface area is 139 Å². The number of carbonyl (C=O) groups is 1. The van der Waals surface area contributed by atoms with E-state index in [1.54, 1.807) is 36.3 Å². The number of aromatic nitrogens is 1. The second-order valence-corrected chi connectivity index (χ2v) is 6.20. The molecule has 1 aromatic heterocycles. The fourth-order valence-electron chi connectivity index (χ4n) is 2.60. The third-order valence-corrected chi connectivity index (χ3v) is 4.12. The molecule has 23 heavy (non-hydrogen) atoms. The molecule has 0 saturated heterocycles. The highest BCUT2D eigenvalue weighted by Crippen LogP contribution is 2.40. The van der Waals surface area contributed by atoms with Crippen molar-refractivity contribution in [1.82, 2.24) is 10.3 Å². The SMILES string of the molecule is CN(CC(=O)NC1CC1c1cccc(F)c1)c1ccc(Cl)cn1. The maximum Gasteiger partial charge on any atom is 0.239 e. The summed E-state index contributed by atoms with van der Waals surface area (Å²) in [5.74, 6) is 0.566. The molecule has 1 aromatic carbocycles. The summed E-state index contributed by atoms with van der Waals surface area (Å²) < 4.78 is 13.2. The summed E-state index contributed by atoms with van der Waals surface area (Å²) in [6.45, 7) is 0.209. The van der Waals surface area contributed by atoms with Gasteiger partial charge in [0.05, 0.1) is 11.6 Å². The molecule has 2 unspecified atom stereocenters. The number of anilines is 1. The standard InChI is InChI=1S/C17H17ClFN3O/c1-22(16-6-5-12(18)9-20-16)10-17(23)21-15-8-14(15)11-3-2-4-13(19)7-11/h2-7,9,14-15H,8,10H2,1H3,(H,21,23). The molecular formula is C17H17ClFN3O. The molecule has 1 aliphatic carbocycles. The van der Waals surface area contributed by atoms with E-state index in [9.17, 15) is 9.18 Å². The van der Waals surface area contributed by atoms with Crippen molar-refractivity contribution in [3.8, 4) is 0 Å². The Morgan fingerprint density at radius 2 is 2.26 bits per heavy atom. The van der Waals surface area contributed by atoms with E-state index in [4.69, 9.17) is 11.6 Å². The lowest BCUT2D eigenvalue weighted by molar-refractivity contribution is -0.119. The topological polar surface area (TPSA) is 45.2 Å². The monoisotopic (exact) mass is 333 g/mol. The van der Waals surface area contributed by atoms with Crippen LogP contribution in [0.1, 0.15) is 17.9 Å². The Hall–Kier alpha value is -2.14. The van der Waals surface area contributed by atoms with Gasteiger partial charge in [-0.15, -0.1) is 0 Å². The minimum Gasteiger partial charge on any atom is -0.351 e. The number of hydrogen-bond acceptors (Lipinski definition) is 3. The number of carbonyl (C=O) groups excluding carboxylic acids is 1. The molecule has 0 radical (unpaired) electrons. The Morgan fingerprint density at radius 1 is 1.43 bits per heavy atom. The zero-order valence-electron chi connectivity index (χ0n) is 12.7. The number of benzene rings is 1. The second kappa shape index (κ2) is 6.54. The normalized spacial score (nSPS) is 19.3. The molecule has 6 heteroatoms. The first kappa shape index (κ1) is 15.7. The van der Waals surface area contributed by atoms with Crippen molar-refractivity contribution in [2.75, 3.05) is 18.5 Å². The Morgan fingerprint density at radius 3 is 2.96 bits per heavy atom. The number of halogens is 2. The van der Waals surface area contributed by atoms with Crippen LogP contribution in [0.4, 0.5) is 10.2 Å². The van der Waals surface area contributed by atoms with Gasteiger partial charge in [-0.25, -0.2) is 9.37 Å². The first-order valence-electron chi connectivity index (χ1n) is 7.40. The van der Waals surface area contributed by atoms with Crippen molar-refractivity contribution in [3.05, 3.63) is 59.0 Å². The molecule has 0 bridgehead atoms. The summed E-state index contributed by atoms with van der Waals surface area (Å²) in [5.41, 5.74) is 0.933. The first-order chi connectivity index (χ1) is 11.0. The van der Waals surface area contributed by atoms with Crippen LogP contribution in [-0.4, -0.2) is 30.5 Å². The van der Waals surface area contributed by atoms with Crippen LogP contribution < -0.4 is 10.2 Å². The van der Waals surface area contributed by atoms with Crippen LogP contribution in [0, 0.1) is 5.82 Å². The molecule has 120 valence electrons. The van der Waals surface area contributed by atoms with Crippen molar-refractivity contribution >= 4 is 23.3 Å². The lowest BCUT2D eigenvalue weighted by Crippen LogP contribution is -2.37. The van der Waals surface area contributed by atoms with Crippen LogP contribution in [0.3, 0.4) is 0 Å². The molecule has 1 amide bonds. The van der Waals surface area contributed by atoms with Crippen molar-refractivity contribution in [2.24, 2.45) is 0 Å². The summed E-state index contributed by atoms with van der Waals surface area (Å²) in [7, 11) is 1.80. The van der Waals surface area contributed by atoms with Gasteiger partial charge in [-0.1, -0.05) is 23.7 Å². The average Bonchev–Trinajstić information content (AvgIpc) is 3.26. The summed E-state index contributed by atoms with van der Waals surface area (Å²) in [5, 5.41) is 3.53. The largest absolute Gasteiger partial charge is 0.351 e. The lowest BCUT2D eigenvalue weighted by Gasteiger charge is -2.17. The van der Waals surface area contributed by atoms with Gasteiger partial charge in [0, 0.05) is 25.2 Å². The van der Waals surface area contributed by atoms with Gasteiger partial charge in [0.2, 0.25) is 5.91 Å². The van der Waals surface area contributed by atoms with Gasteiger partial charge in [0.1, 0.15) is 11.6 Å². The predicted molar refractivity (Wildman–Crippen MR) is 88.2 cm³/mol. The molecule has 1 heterocycles. The molecule has 1 aliphatic rings. The Balaban J connectivity index is 1.51. The molecule has 0 aliphatic heterocycles. The van der Waals surface area contributed by atoms with Crippen molar-refractivity contribution in [2.45, 2.75) is 18.4 Å². The fraction of sp³-hybridized carbons (Fsp3) is 0.294. The van der Waals surface area contributed by atoms with E-state index < -0.39 is 0 Å². The summed E-state index contributed by atoms with van der Waals surface area (Å²) >= 11 is 5.80. The van der Waals surface area contributed by atoms with E-state index in [0.29, 0.717) is 10.8 Å². The summed E-state index contributed by atoms with van der Waals surface area (Å²) in [6, 6.07) is 10.1. The van der Waals surface area contributed by atoms with E-state index in [0.717, 1.165) is 12.0 Å². The first-order valence-corrected chi connectivity index (χ1v) is 7.78. The zero-order valence-corrected chi connectivity index (χ0v) is 13.4. The quantitative estimate of drug-likeness (QED) is 0.915. The summed E-state index contributed by atoms with van der Waals surface area (Å²) in [4.78, 5) is 18.0. The molecule has 1 fully saturated rings. The highest BCUT2D eigenvalue weighted by Gasteiger charge is 2.39. The van der Waals surface area contributed by atoms with Crippen molar-refractivity contribution < 1.29 is 9.18 Å². The number of pyridine rings is 1. The minimum atomic E-state index is -0.243. The van der Waals surface area contributed by atoms with Gasteiger partial charge in [0.15, 0.2) is 0 Å². The lowest BCUT2D eigenvalue weighted by atomic mass is 10.1. The van der Waals surface area contributed by atoms with Gasteiger partial charge in [-0.2, -0.15) is 0 Å². The molecule has 4 nitrogen and oxygen atoms in total. The van der Waals surface area contributed by atoms with Crippen molar-refractivity contribution in [1.29, 1.82) is 0 Å². The highest BCUT2D eigenvalue weighted by atomic mass is 35.5. The number of nitrogens with one attached hydrogen (secondary N) is 1. The van der Waals surface area contributed by atoms with Crippen LogP contribution in [0.5, 0.6) is 0 Å². The average molecular weight is 334 g/mol. The number of hydrogen-bond donors (Lipinski definition) is 1. The van der Waals surface area contributed by atoms with E-state index in [1.165, 1.54) is 12.1 Å². The maximum atomic E-state index is 13.2. The predicted octanol–water partition coefficient (Wildman–Crippen LogP) is 2.98. The molecular weight excluding hydrogens is 317 g/mol. The van der Waals surface area contributed by atoms with Crippen LogP contribution in [0.15, 0.2) is 42.6 Å². The Kier molecular flexibility index (Phi) is 4.48. The number of nitrogens with zero attached hydrogens (tertiary/aromatic N) is 2. The molecule has 1 N–H and O–H groups in total. The number of amides is 1. The van der Waals surface area contributed by atoms with E-state index >= 15 is 0 Å². The second-order valence-electron chi connectivity index (χ2n) is 5.76. The van der Waals surface area contributed by atoms with E-state index in [2.05, 4.69) is 10.3 Å². The van der Waals surface area contributed by atoms with Crippen LogP contribution in [0.25, 0.3) is 0 Å². The molecule has 0 spiro atoms.